The van der Waals surface area contributed by atoms with E-state index in [-0.39, 0.29) is 5.54 Å². The molecule has 23 heavy (non-hydrogen) atoms. The van der Waals surface area contributed by atoms with Crippen LogP contribution in [0.1, 0.15) is 20.8 Å². The first kappa shape index (κ1) is 15.7. The molecule has 0 radical (unpaired) electrons. The Morgan fingerprint density at radius 1 is 1.13 bits per heavy atom. The highest BCUT2D eigenvalue weighted by atomic mass is 35.5. The number of benzene rings is 1. The Morgan fingerprint density at radius 2 is 1.87 bits per heavy atom. The number of fused-ring (bicyclic) bond motifs is 1. The summed E-state index contributed by atoms with van der Waals surface area (Å²) in [5.41, 5.74) is 2.51. The quantitative estimate of drug-likeness (QED) is 0.744. The maximum Gasteiger partial charge on any atom is 0.139 e. The highest BCUT2D eigenvalue weighted by Gasteiger charge is 2.21. The molecule has 3 rings (SSSR count). The highest BCUT2D eigenvalue weighted by molar-refractivity contribution is 6.30. The first-order chi connectivity index (χ1) is 10.9. The summed E-state index contributed by atoms with van der Waals surface area (Å²) in [7, 11) is 1.67. The van der Waals surface area contributed by atoms with Crippen molar-refractivity contribution in [3.8, 4) is 17.0 Å². The number of para-hydroxylation sites is 1. The van der Waals surface area contributed by atoms with Crippen molar-refractivity contribution in [2.75, 3.05) is 12.4 Å². The highest BCUT2D eigenvalue weighted by Crippen LogP contribution is 2.36. The summed E-state index contributed by atoms with van der Waals surface area (Å²) in [5.74, 6) is 1.69. The van der Waals surface area contributed by atoms with Crippen LogP contribution in [-0.4, -0.2) is 22.0 Å². The van der Waals surface area contributed by atoms with Crippen molar-refractivity contribution in [1.29, 1.82) is 0 Å². The van der Waals surface area contributed by atoms with Gasteiger partial charge >= 0.3 is 0 Å². The van der Waals surface area contributed by atoms with E-state index in [1.807, 2.05) is 47.0 Å². The van der Waals surface area contributed by atoms with Gasteiger partial charge in [-0.15, -0.1) is 0 Å². The van der Waals surface area contributed by atoms with E-state index < -0.39 is 0 Å². The standard InChI is InChI=1S/C18H20ClN3O/c1-18(2,3)21-17-16(13-7-5-6-8-14(13)23-4)20-15-10-9-12(19)11-22(15)17/h5-11,21H,1-4H3. The number of nitrogens with zero attached hydrogens (tertiary/aromatic N) is 2. The third kappa shape index (κ3) is 3.13. The van der Waals surface area contributed by atoms with Gasteiger partial charge in [0, 0.05) is 17.3 Å². The smallest absolute Gasteiger partial charge is 0.139 e. The van der Waals surface area contributed by atoms with E-state index in [4.69, 9.17) is 21.3 Å². The average Bonchev–Trinajstić information content (AvgIpc) is 2.83. The number of ether oxygens (including phenoxy) is 1. The van der Waals surface area contributed by atoms with Gasteiger partial charge in [-0.2, -0.15) is 0 Å². The van der Waals surface area contributed by atoms with E-state index in [9.17, 15) is 0 Å². The molecule has 1 N–H and O–H groups in total. The van der Waals surface area contributed by atoms with Gasteiger partial charge in [-0.25, -0.2) is 4.98 Å². The van der Waals surface area contributed by atoms with Gasteiger partial charge in [-0.1, -0.05) is 23.7 Å². The summed E-state index contributed by atoms with van der Waals surface area (Å²) >= 11 is 6.17. The molecule has 120 valence electrons. The predicted molar refractivity (Wildman–Crippen MR) is 95.6 cm³/mol. The lowest BCUT2D eigenvalue weighted by Crippen LogP contribution is -2.27. The van der Waals surface area contributed by atoms with E-state index in [0.29, 0.717) is 5.02 Å². The zero-order valence-corrected chi connectivity index (χ0v) is 14.5. The number of aromatic nitrogens is 2. The summed E-state index contributed by atoms with van der Waals surface area (Å²) in [5, 5.41) is 4.20. The molecule has 1 aromatic carbocycles. The lowest BCUT2D eigenvalue weighted by atomic mass is 10.1. The van der Waals surface area contributed by atoms with Gasteiger partial charge in [0.1, 0.15) is 22.9 Å². The Kier molecular flexibility index (Phi) is 3.94. The molecular formula is C18H20ClN3O. The third-order valence-electron chi connectivity index (χ3n) is 3.44. The molecule has 2 aromatic heterocycles. The van der Waals surface area contributed by atoms with Crippen molar-refractivity contribution in [2.24, 2.45) is 0 Å². The molecule has 5 heteroatoms. The van der Waals surface area contributed by atoms with Crippen molar-refractivity contribution in [2.45, 2.75) is 26.3 Å². The van der Waals surface area contributed by atoms with Gasteiger partial charge in [0.05, 0.1) is 12.1 Å². The summed E-state index contributed by atoms with van der Waals surface area (Å²) in [6.07, 6.45) is 1.87. The SMILES string of the molecule is COc1ccccc1-c1nc2ccc(Cl)cn2c1NC(C)(C)C. The number of imidazole rings is 1. The fraction of sp³-hybridized carbons (Fsp3) is 0.278. The predicted octanol–water partition coefficient (Wildman–Crippen LogP) is 4.87. The average molecular weight is 330 g/mol. The number of nitrogens with one attached hydrogen (secondary N) is 1. The number of hydrogen-bond donors (Lipinski definition) is 1. The summed E-state index contributed by atoms with van der Waals surface area (Å²) < 4.78 is 7.48. The zero-order valence-electron chi connectivity index (χ0n) is 13.7. The van der Waals surface area contributed by atoms with Crippen LogP contribution in [-0.2, 0) is 0 Å². The minimum Gasteiger partial charge on any atom is -0.496 e. The lowest BCUT2D eigenvalue weighted by Gasteiger charge is -2.23. The van der Waals surface area contributed by atoms with E-state index in [2.05, 4.69) is 26.1 Å². The molecule has 0 fully saturated rings. The number of rotatable bonds is 3. The molecule has 0 saturated heterocycles. The Labute approximate surface area is 141 Å². The Hall–Kier alpha value is -2.20. The normalized spacial score (nSPS) is 11.7. The Balaban J connectivity index is 2.29. The van der Waals surface area contributed by atoms with E-state index in [0.717, 1.165) is 28.5 Å². The number of anilines is 1. The maximum absolute atomic E-state index is 6.17. The molecule has 0 unspecified atom stereocenters. The number of methoxy groups -OCH3 is 1. The molecule has 4 nitrogen and oxygen atoms in total. The molecule has 2 heterocycles. The largest absolute Gasteiger partial charge is 0.496 e. The molecule has 0 aliphatic carbocycles. The van der Waals surface area contributed by atoms with Crippen LogP contribution < -0.4 is 10.1 Å². The van der Waals surface area contributed by atoms with Gasteiger partial charge in [0.25, 0.3) is 0 Å². The van der Waals surface area contributed by atoms with Gasteiger partial charge in [-0.3, -0.25) is 4.40 Å². The van der Waals surface area contributed by atoms with Crippen molar-refractivity contribution < 1.29 is 4.74 Å². The number of hydrogen-bond acceptors (Lipinski definition) is 3. The molecule has 0 aliphatic rings. The van der Waals surface area contributed by atoms with Crippen molar-refractivity contribution >= 4 is 23.1 Å². The molecule has 0 bridgehead atoms. The van der Waals surface area contributed by atoms with Crippen molar-refractivity contribution in [3.05, 3.63) is 47.6 Å². The molecule has 0 aliphatic heterocycles. The van der Waals surface area contributed by atoms with E-state index >= 15 is 0 Å². The number of halogens is 1. The molecule has 0 amide bonds. The molecule has 0 spiro atoms. The van der Waals surface area contributed by atoms with Crippen molar-refractivity contribution in [1.82, 2.24) is 9.38 Å². The van der Waals surface area contributed by atoms with Crippen LogP contribution in [0.4, 0.5) is 5.82 Å². The van der Waals surface area contributed by atoms with E-state index in [1.54, 1.807) is 7.11 Å². The topological polar surface area (TPSA) is 38.6 Å². The van der Waals surface area contributed by atoms with Gasteiger partial charge < -0.3 is 10.1 Å². The van der Waals surface area contributed by atoms with Crippen LogP contribution in [0.15, 0.2) is 42.6 Å². The monoisotopic (exact) mass is 329 g/mol. The Morgan fingerprint density at radius 3 is 2.57 bits per heavy atom. The second-order valence-electron chi connectivity index (χ2n) is 6.46. The first-order valence-corrected chi connectivity index (χ1v) is 7.86. The maximum atomic E-state index is 6.17. The van der Waals surface area contributed by atoms with Crippen LogP contribution in [0.2, 0.25) is 5.02 Å². The second-order valence-corrected chi connectivity index (χ2v) is 6.90. The molecule has 3 aromatic rings. The second kappa shape index (κ2) is 5.78. The van der Waals surface area contributed by atoms with Crippen LogP contribution in [0.3, 0.4) is 0 Å². The van der Waals surface area contributed by atoms with E-state index in [1.165, 1.54) is 0 Å². The molecular weight excluding hydrogens is 310 g/mol. The van der Waals surface area contributed by atoms with Crippen molar-refractivity contribution in [3.63, 3.8) is 0 Å². The zero-order chi connectivity index (χ0) is 16.6. The van der Waals surface area contributed by atoms with Crippen LogP contribution in [0, 0.1) is 0 Å². The van der Waals surface area contributed by atoms with Crippen LogP contribution in [0.5, 0.6) is 5.75 Å². The fourth-order valence-corrected chi connectivity index (χ4v) is 2.68. The third-order valence-corrected chi connectivity index (χ3v) is 3.66. The number of pyridine rings is 1. The fourth-order valence-electron chi connectivity index (χ4n) is 2.52. The molecule has 0 saturated carbocycles. The minimum absolute atomic E-state index is 0.116. The van der Waals surface area contributed by atoms with Gasteiger partial charge in [0.15, 0.2) is 0 Å². The Bertz CT molecular complexity index is 849. The summed E-state index contributed by atoms with van der Waals surface area (Å²) in [6.45, 7) is 6.34. The summed E-state index contributed by atoms with van der Waals surface area (Å²) in [6, 6.07) is 11.6. The van der Waals surface area contributed by atoms with Crippen LogP contribution >= 0.6 is 11.6 Å². The van der Waals surface area contributed by atoms with Crippen LogP contribution in [0.25, 0.3) is 16.9 Å². The molecule has 0 atom stereocenters. The minimum atomic E-state index is -0.116. The first-order valence-electron chi connectivity index (χ1n) is 7.48. The van der Waals surface area contributed by atoms with Gasteiger partial charge in [-0.05, 0) is 45.0 Å². The summed E-state index contributed by atoms with van der Waals surface area (Å²) in [4.78, 5) is 4.78. The van der Waals surface area contributed by atoms with Gasteiger partial charge in [0.2, 0.25) is 0 Å². The lowest BCUT2D eigenvalue weighted by molar-refractivity contribution is 0.416.